The van der Waals surface area contributed by atoms with Crippen LogP contribution in [-0.2, 0) is 0 Å². The number of piperazine rings is 1. The molecule has 2 aliphatic rings. The minimum Gasteiger partial charge on any atom is -0.364 e. The fourth-order valence-electron chi connectivity index (χ4n) is 4.04. The molecular weight excluding hydrogens is 276 g/mol. The molecule has 1 saturated carbocycles. The van der Waals surface area contributed by atoms with Gasteiger partial charge in [0.2, 0.25) is 0 Å². The molecule has 1 atom stereocenters. The minimum absolute atomic E-state index is 0.372. The van der Waals surface area contributed by atoms with Crippen molar-refractivity contribution in [2.75, 3.05) is 24.2 Å². The Hall–Kier alpha value is -0.670. The number of thioether (sulfide) groups is 1. The molecule has 1 N–H and O–H groups in total. The summed E-state index contributed by atoms with van der Waals surface area (Å²) in [5, 5.41) is 3.91. The Kier molecular flexibility index (Phi) is 4.51. The summed E-state index contributed by atoms with van der Waals surface area (Å²) >= 11 is 1.87. The molecule has 21 heavy (non-hydrogen) atoms. The number of hydrogen-bond acceptors (Lipinski definition) is 3. The van der Waals surface area contributed by atoms with E-state index in [4.69, 9.17) is 0 Å². The van der Waals surface area contributed by atoms with Gasteiger partial charge in [0.25, 0.3) is 0 Å². The number of nitrogens with zero attached hydrogens (tertiary/aromatic N) is 1. The molecule has 2 fully saturated rings. The zero-order valence-corrected chi connectivity index (χ0v) is 14.4. The highest BCUT2D eigenvalue weighted by molar-refractivity contribution is 7.98. The van der Waals surface area contributed by atoms with E-state index < -0.39 is 0 Å². The van der Waals surface area contributed by atoms with Crippen molar-refractivity contribution in [3.05, 3.63) is 24.3 Å². The van der Waals surface area contributed by atoms with E-state index in [0.717, 1.165) is 6.54 Å². The van der Waals surface area contributed by atoms with Crippen LogP contribution in [0.2, 0.25) is 0 Å². The van der Waals surface area contributed by atoms with E-state index in [1.165, 1.54) is 42.8 Å². The SMILES string of the molecule is CSc1ccccc1N1CC2(CCCC2)NCC1C(C)C. The van der Waals surface area contributed by atoms with E-state index in [1.807, 2.05) is 11.8 Å². The van der Waals surface area contributed by atoms with Crippen LogP contribution in [0.3, 0.4) is 0 Å². The molecular formula is C18H28N2S. The Balaban J connectivity index is 1.93. The second-order valence-electron chi connectivity index (χ2n) is 6.98. The third-order valence-corrected chi connectivity index (χ3v) is 6.07. The van der Waals surface area contributed by atoms with Crippen molar-refractivity contribution in [2.45, 2.75) is 56.0 Å². The number of benzene rings is 1. The normalized spacial score (nSPS) is 25.0. The van der Waals surface area contributed by atoms with Crippen LogP contribution in [0.4, 0.5) is 5.69 Å². The average Bonchev–Trinajstić information content (AvgIpc) is 2.94. The van der Waals surface area contributed by atoms with Gasteiger partial charge in [-0.3, -0.25) is 0 Å². The van der Waals surface area contributed by atoms with Gasteiger partial charge in [-0.2, -0.15) is 0 Å². The topological polar surface area (TPSA) is 15.3 Å². The fraction of sp³-hybridized carbons (Fsp3) is 0.667. The van der Waals surface area contributed by atoms with Gasteiger partial charge < -0.3 is 10.2 Å². The molecule has 1 aromatic carbocycles. The third kappa shape index (κ3) is 2.95. The van der Waals surface area contributed by atoms with Gasteiger partial charge in [-0.15, -0.1) is 11.8 Å². The zero-order valence-electron chi connectivity index (χ0n) is 13.6. The van der Waals surface area contributed by atoms with Crippen molar-refractivity contribution >= 4 is 17.4 Å². The summed E-state index contributed by atoms with van der Waals surface area (Å²) in [6, 6.07) is 9.53. The Labute approximate surface area is 133 Å². The van der Waals surface area contributed by atoms with Crippen LogP contribution in [0.5, 0.6) is 0 Å². The van der Waals surface area contributed by atoms with Crippen LogP contribution in [0.25, 0.3) is 0 Å². The Morgan fingerprint density at radius 2 is 1.95 bits per heavy atom. The molecule has 1 saturated heterocycles. The number of rotatable bonds is 3. The van der Waals surface area contributed by atoms with Gasteiger partial charge in [-0.25, -0.2) is 0 Å². The van der Waals surface area contributed by atoms with Gasteiger partial charge in [-0.1, -0.05) is 38.8 Å². The number of anilines is 1. The molecule has 1 aromatic rings. The lowest BCUT2D eigenvalue weighted by atomic mass is 9.88. The molecule has 0 amide bonds. The molecule has 2 nitrogen and oxygen atoms in total. The summed E-state index contributed by atoms with van der Waals surface area (Å²) in [7, 11) is 0. The van der Waals surface area contributed by atoms with E-state index in [9.17, 15) is 0 Å². The highest BCUT2D eigenvalue weighted by Gasteiger charge is 2.42. The van der Waals surface area contributed by atoms with Gasteiger partial charge >= 0.3 is 0 Å². The molecule has 0 radical (unpaired) electrons. The van der Waals surface area contributed by atoms with Crippen LogP contribution in [-0.4, -0.2) is 30.9 Å². The van der Waals surface area contributed by atoms with Crippen LogP contribution in [0.1, 0.15) is 39.5 Å². The fourth-order valence-corrected chi connectivity index (χ4v) is 4.65. The number of nitrogens with one attached hydrogen (secondary N) is 1. The number of para-hydroxylation sites is 1. The van der Waals surface area contributed by atoms with Crippen LogP contribution in [0, 0.1) is 5.92 Å². The first-order chi connectivity index (χ1) is 10.2. The van der Waals surface area contributed by atoms with Crippen molar-refractivity contribution in [2.24, 2.45) is 5.92 Å². The van der Waals surface area contributed by atoms with Crippen molar-refractivity contribution in [1.29, 1.82) is 0 Å². The van der Waals surface area contributed by atoms with Gasteiger partial charge in [0.1, 0.15) is 0 Å². The largest absolute Gasteiger partial charge is 0.364 e. The molecule has 0 bridgehead atoms. The minimum atomic E-state index is 0.372. The van der Waals surface area contributed by atoms with E-state index >= 15 is 0 Å². The van der Waals surface area contributed by atoms with Crippen LogP contribution in [0.15, 0.2) is 29.2 Å². The third-order valence-electron chi connectivity index (χ3n) is 5.28. The summed E-state index contributed by atoms with van der Waals surface area (Å²) < 4.78 is 0. The Morgan fingerprint density at radius 3 is 2.62 bits per heavy atom. The lowest BCUT2D eigenvalue weighted by Gasteiger charge is -2.49. The van der Waals surface area contributed by atoms with Gasteiger partial charge in [0.05, 0.1) is 5.69 Å². The summed E-state index contributed by atoms with van der Waals surface area (Å²) in [6.45, 7) is 7.01. The van der Waals surface area contributed by atoms with Gasteiger partial charge in [0.15, 0.2) is 0 Å². The second-order valence-corrected chi connectivity index (χ2v) is 7.83. The lowest BCUT2D eigenvalue weighted by Crippen LogP contribution is -2.64. The van der Waals surface area contributed by atoms with E-state index in [1.54, 1.807) is 0 Å². The van der Waals surface area contributed by atoms with Gasteiger partial charge in [-0.05, 0) is 37.1 Å². The molecule has 1 aliphatic carbocycles. The molecule has 1 heterocycles. The van der Waals surface area contributed by atoms with E-state index in [2.05, 4.69) is 54.6 Å². The standard InChI is InChI=1S/C18H28N2S/c1-14(2)16-12-19-18(10-6-7-11-18)13-20(16)15-8-4-5-9-17(15)21-3/h4-5,8-9,14,16,19H,6-7,10-13H2,1-3H3. The highest BCUT2D eigenvalue weighted by atomic mass is 32.2. The predicted octanol–water partition coefficient (Wildman–Crippen LogP) is 4.16. The molecule has 0 aromatic heterocycles. The molecule has 3 rings (SSSR count). The maximum Gasteiger partial charge on any atom is 0.0507 e. The first kappa shape index (κ1) is 15.2. The average molecular weight is 305 g/mol. The predicted molar refractivity (Wildman–Crippen MR) is 93.4 cm³/mol. The van der Waals surface area contributed by atoms with E-state index in [-0.39, 0.29) is 0 Å². The highest BCUT2D eigenvalue weighted by Crippen LogP contribution is 2.39. The lowest BCUT2D eigenvalue weighted by molar-refractivity contribution is 0.245. The second kappa shape index (κ2) is 6.21. The summed E-state index contributed by atoms with van der Waals surface area (Å²) in [5.74, 6) is 0.672. The Bertz CT molecular complexity index is 480. The molecule has 1 unspecified atom stereocenters. The maximum atomic E-state index is 3.91. The maximum absolute atomic E-state index is 3.91. The summed E-state index contributed by atoms with van der Waals surface area (Å²) in [6.07, 6.45) is 7.65. The van der Waals surface area contributed by atoms with Crippen molar-refractivity contribution in [3.63, 3.8) is 0 Å². The molecule has 3 heteroatoms. The first-order valence-electron chi connectivity index (χ1n) is 8.30. The summed E-state index contributed by atoms with van der Waals surface area (Å²) in [5.41, 5.74) is 1.81. The monoisotopic (exact) mass is 304 g/mol. The van der Waals surface area contributed by atoms with Crippen LogP contribution < -0.4 is 10.2 Å². The summed E-state index contributed by atoms with van der Waals surface area (Å²) in [4.78, 5) is 4.12. The first-order valence-corrected chi connectivity index (χ1v) is 9.52. The quantitative estimate of drug-likeness (QED) is 0.844. The Morgan fingerprint density at radius 1 is 1.24 bits per heavy atom. The molecule has 1 aliphatic heterocycles. The smallest absolute Gasteiger partial charge is 0.0507 e. The van der Waals surface area contributed by atoms with Crippen molar-refractivity contribution < 1.29 is 0 Å². The molecule has 116 valence electrons. The van der Waals surface area contributed by atoms with Gasteiger partial charge in [0, 0.05) is 29.6 Å². The molecule has 1 spiro atoms. The zero-order chi connectivity index (χ0) is 14.9. The van der Waals surface area contributed by atoms with Crippen molar-refractivity contribution in [3.8, 4) is 0 Å². The van der Waals surface area contributed by atoms with Crippen molar-refractivity contribution in [1.82, 2.24) is 5.32 Å². The van der Waals surface area contributed by atoms with Crippen LogP contribution >= 0.6 is 11.8 Å². The van der Waals surface area contributed by atoms with E-state index in [0.29, 0.717) is 17.5 Å². The number of hydrogen-bond donors (Lipinski definition) is 1.